The van der Waals surface area contributed by atoms with E-state index in [9.17, 15) is 13.2 Å². The van der Waals surface area contributed by atoms with Crippen LogP contribution in [-0.2, 0) is 19.6 Å². The number of nitrogens with one attached hydrogen (secondary N) is 1. The van der Waals surface area contributed by atoms with E-state index in [-0.39, 0.29) is 29.6 Å². The van der Waals surface area contributed by atoms with Crippen LogP contribution in [0.5, 0.6) is 0 Å². The van der Waals surface area contributed by atoms with E-state index in [4.69, 9.17) is 11.2 Å². The Labute approximate surface area is 170 Å². The molecule has 3 atom stereocenters. The number of methoxy groups -OCH3 is 1. The van der Waals surface area contributed by atoms with Crippen molar-refractivity contribution in [2.75, 3.05) is 26.8 Å². The van der Waals surface area contributed by atoms with Gasteiger partial charge in [0.25, 0.3) is 10.0 Å². The number of aromatic nitrogens is 2. The van der Waals surface area contributed by atoms with Gasteiger partial charge in [0.2, 0.25) is 11.1 Å². The van der Waals surface area contributed by atoms with E-state index < -0.39 is 16.1 Å². The molecule has 0 spiro atoms. The molecular weight excluding hydrogens is 392 g/mol. The molecule has 1 N–H and O–H groups in total. The second kappa shape index (κ2) is 7.78. The van der Waals surface area contributed by atoms with E-state index in [2.05, 4.69) is 15.9 Å². The molecule has 2 bridgehead atoms. The molecule has 0 saturated carbocycles. The Kier molecular flexibility index (Phi) is 5.34. The van der Waals surface area contributed by atoms with Gasteiger partial charge in [0.05, 0.1) is 24.2 Å². The van der Waals surface area contributed by atoms with Crippen molar-refractivity contribution < 1.29 is 17.9 Å². The topological polar surface area (TPSA) is 95.6 Å². The molecule has 2 fully saturated rings. The molecule has 0 radical (unpaired) electrons. The van der Waals surface area contributed by atoms with Crippen molar-refractivity contribution in [3.63, 3.8) is 0 Å². The number of imidazole rings is 1. The maximum absolute atomic E-state index is 13.7. The molecule has 2 saturated heterocycles. The van der Waals surface area contributed by atoms with Crippen LogP contribution in [0.4, 0.5) is 0 Å². The van der Waals surface area contributed by atoms with E-state index in [1.54, 1.807) is 30.2 Å². The Bertz CT molecular complexity index is 1020. The molecule has 9 heteroatoms. The van der Waals surface area contributed by atoms with E-state index in [0.29, 0.717) is 37.0 Å². The van der Waals surface area contributed by atoms with Gasteiger partial charge in [-0.05, 0) is 31.4 Å². The summed E-state index contributed by atoms with van der Waals surface area (Å²) < 4.78 is 34.1. The molecule has 4 rings (SSSR count). The Morgan fingerprint density at radius 3 is 2.86 bits per heavy atom. The van der Waals surface area contributed by atoms with Gasteiger partial charge < -0.3 is 14.6 Å². The number of carbonyl (C=O) groups is 1. The Morgan fingerprint density at radius 1 is 1.34 bits per heavy atom. The molecule has 2 aliphatic rings. The molecule has 1 aromatic carbocycles. The minimum Gasteiger partial charge on any atom is -0.384 e. The number of piperidine rings is 1. The van der Waals surface area contributed by atoms with Gasteiger partial charge in [-0.2, -0.15) is 4.31 Å². The van der Waals surface area contributed by atoms with Gasteiger partial charge >= 0.3 is 0 Å². The summed E-state index contributed by atoms with van der Waals surface area (Å²) in [7, 11) is -2.44. The van der Waals surface area contributed by atoms with Crippen molar-refractivity contribution in [3.8, 4) is 12.3 Å². The maximum atomic E-state index is 13.7. The quantitative estimate of drug-likeness (QED) is 0.740. The highest BCUT2D eigenvalue weighted by Gasteiger charge is 2.50. The van der Waals surface area contributed by atoms with Crippen LogP contribution in [0.1, 0.15) is 19.3 Å². The van der Waals surface area contributed by atoms with Gasteiger partial charge in [-0.1, -0.05) is 18.1 Å². The van der Waals surface area contributed by atoms with E-state index >= 15 is 0 Å². The summed E-state index contributed by atoms with van der Waals surface area (Å²) in [5.41, 5.74) is 1.21. The number of ether oxygens (including phenoxy) is 1. The number of amides is 1. The van der Waals surface area contributed by atoms with Crippen molar-refractivity contribution in [2.24, 2.45) is 5.92 Å². The lowest BCUT2D eigenvalue weighted by Gasteiger charge is -2.39. The summed E-state index contributed by atoms with van der Waals surface area (Å²) in [5.74, 6) is 2.11. The zero-order valence-corrected chi connectivity index (χ0v) is 17.1. The van der Waals surface area contributed by atoms with Crippen LogP contribution in [-0.4, -0.2) is 72.4 Å². The fourth-order valence-electron chi connectivity index (χ4n) is 4.51. The number of hydrogen-bond acceptors (Lipinski definition) is 5. The molecule has 0 unspecified atom stereocenters. The molecule has 154 valence electrons. The number of H-pyrrole nitrogens is 1. The van der Waals surface area contributed by atoms with E-state index in [1.165, 1.54) is 4.31 Å². The fraction of sp³-hybridized carbons (Fsp3) is 0.500. The predicted octanol–water partition coefficient (Wildman–Crippen LogP) is 1.21. The zero-order valence-electron chi connectivity index (χ0n) is 16.2. The standard InChI is InChI=1S/C20H24N4O4S/c1-3-11-23-12-14(13-28-2)17-9-6-10-18(19(23)25)24(17)29(26,27)20-21-15-7-4-5-8-16(15)22-20/h1,4-5,7-8,14,17-18H,6,9-13H2,2H3,(H,21,22)/t14-,17-,18+/m1/s1. The molecule has 29 heavy (non-hydrogen) atoms. The first-order chi connectivity index (χ1) is 14.0. The van der Waals surface area contributed by atoms with Crippen molar-refractivity contribution in [3.05, 3.63) is 24.3 Å². The summed E-state index contributed by atoms with van der Waals surface area (Å²) in [6, 6.07) is 6.02. The van der Waals surface area contributed by atoms with Gasteiger partial charge in [-0.25, -0.2) is 13.4 Å². The summed E-state index contributed by atoms with van der Waals surface area (Å²) >= 11 is 0. The van der Waals surface area contributed by atoms with E-state index in [1.807, 2.05) is 6.07 Å². The van der Waals surface area contributed by atoms with E-state index in [0.717, 1.165) is 6.42 Å². The van der Waals surface area contributed by atoms with Crippen LogP contribution in [0.2, 0.25) is 0 Å². The van der Waals surface area contributed by atoms with Gasteiger partial charge in [0.1, 0.15) is 6.04 Å². The lowest BCUT2D eigenvalue weighted by atomic mass is 9.91. The number of carbonyl (C=O) groups excluding carboxylic acids is 1. The number of hydrogen-bond donors (Lipinski definition) is 1. The molecule has 1 aromatic heterocycles. The second-order valence-electron chi connectivity index (χ2n) is 7.55. The Hall–Kier alpha value is -2.41. The first-order valence-corrected chi connectivity index (χ1v) is 11.1. The number of para-hydroxylation sites is 2. The molecule has 2 aliphatic heterocycles. The minimum absolute atomic E-state index is 0.134. The Morgan fingerprint density at radius 2 is 2.14 bits per heavy atom. The third kappa shape index (κ3) is 3.41. The summed E-state index contributed by atoms with van der Waals surface area (Å²) in [6.07, 6.45) is 7.37. The highest BCUT2D eigenvalue weighted by Crippen LogP contribution is 2.37. The summed E-state index contributed by atoms with van der Waals surface area (Å²) in [5, 5.41) is -0.134. The molecule has 8 nitrogen and oxygen atoms in total. The van der Waals surface area contributed by atoms with Crippen LogP contribution in [0, 0.1) is 18.3 Å². The monoisotopic (exact) mass is 416 g/mol. The average molecular weight is 417 g/mol. The highest BCUT2D eigenvalue weighted by molar-refractivity contribution is 7.89. The van der Waals surface area contributed by atoms with Crippen LogP contribution in [0.15, 0.2) is 29.4 Å². The molecule has 0 aliphatic carbocycles. The highest BCUT2D eigenvalue weighted by atomic mass is 32.2. The number of sulfonamides is 1. The van der Waals surface area contributed by atoms with Gasteiger partial charge in [0.15, 0.2) is 0 Å². The lowest BCUT2D eigenvalue weighted by Crippen LogP contribution is -2.55. The molecular formula is C20H24N4O4S. The number of terminal acetylenes is 1. The third-order valence-corrected chi connectivity index (χ3v) is 7.52. The largest absolute Gasteiger partial charge is 0.384 e. The summed E-state index contributed by atoms with van der Waals surface area (Å²) in [6.45, 7) is 0.878. The fourth-order valence-corrected chi connectivity index (χ4v) is 6.33. The van der Waals surface area contributed by atoms with Gasteiger partial charge in [-0.3, -0.25) is 4.79 Å². The van der Waals surface area contributed by atoms with Crippen molar-refractivity contribution in [1.29, 1.82) is 0 Å². The third-order valence-electron chi connectivity index (χ3n) is 5.76. The summed E-state index contributed by atoms with van der Waals surface area (Å²) in [4.78, 5) is 22.0. The maximum Gasteiger partial charge on any atom is 0.277 e. The molecule has 1 amide bonds. The number of fused-ring (bicyclic) bond motifs is 3. The second-order valence-corrected chi connectivity index (χ2v) is 9.30. The molecule has 2 aromatic rings. The van der Waals surface area contributed by atoms with Gasteiger partial charge in [-0.15, -0.1) is 6.42 Å². The van der Waals surface area contributed by atoms with Crippen LogP contribution >= 0.6 is 0 Å². The van der Waals surface area contributed by atoms with Crippen LogP contribution < -0.4 is 0 Å². The lowest BCUT2D eigenvalue weighted by molar-refractivity contribution is -0.134. The Balaban J connectivity index is 1.81. The predicted molar refractivity (Wildman–Crippen MR) is 107 cm³/mol. The van der Waals surface area contributed by atoms with Crippen molar-refractivity contribution in [2.45, 2.75) is 36.5 Å². The van der Waals surface area contributed by atoms with Crippen molar-refractivity contribution >= 4 is 27.0 Å². The van der Waals surface area contributed by atoms with Gasteiger partial charge in [0, 0.05) is 25.6 Å². The molecule has 3 heterocycles. The first kappa shape index (κ1) is 19.9. The van der Waals surface area contributed by atoms with Crippen LogP contribution in [0.3, 0.4) is 0 Å². The number of benzene rings is 1. The number of rotatable bonds is 5. The van der Waals surface area contributed by atoms with Crippen molar-refractivity contribution in [1.82, 2.24) is 19.2 Å². The van der Waals surface area contributed by atoms with Crippen LogP contribution in [0.25, 0.3) is 11.0 Å². The SMILES string of the molecule is C#CCN1C[C@H](COC)[C@H]2CCC[C@@H](C1=O)N2S(=O)(=O)c1nc2ccccc2[nH]1. The normalized spacial score (nSPS) is 25.7. The first-order valence-electron chi connectivity index (χ1n) is 9.67. The zero-order chi connectivity index (χ0) is 20.6. The minimum atomic E-state index is -4.02. The average Bonchev–Trinajstić information content (AvgIpc) is 3.14. The number of aromatic amines is 1. The number of nitrogens with zero attached hydrogens (tertiary/aromatic N) is 3. The smallest absolute Gasteiger partial charge is 0.277 e.